The number of benzene rings is 1. The number of pyridine rings is 1. The van der Waals surface area contributed by atoms with Crippen molar-refractivity contribution in [1.29, 1.82) is 0 Å². The SMILES string of the molecule is C[C@@H](Cc1sccc1Cl)Nc1cc[nH]c(=O)c1C1=Nc2cc3c(cc2C1)CN(CCN1CCCC1)C3=O.O=C(O)C(F)(F)F. The molecule has 234 valence electrons. The number of halogens is 4. The fraction of sp³-hybridized carbons (Fsp3) is 0.400. The molecule has 3 N–H and O–H groups in total. The lowest BCUT2D eigenvalue weighted by molar-refractivity contribution is -0.192. The summed E-state index contributed by atoms with van der Waals surface area (Å²) in [5.41, 5.74) is 5.52. The zero-order valence-electron chi connectivity index (χ0n) is 23.8. The standard InChI is InChI=1S/C28H30ClN5O2S.C2HF3O2/c1-17(12-25-21(29)5-11-37-25)31-22-4-6-30-27(35)26(22)24-14-18-13-19-16-34(10-9-33-7-2-3-8-33)28(36)20(19)15-23(18)32-24;3-2(4,5)1(6)7/h4-6,11,13,15,17H,2-3,7-10,12,14,16H2,1H3,(H2,30,31,35);(H,6,7)/t17-;/m0./s1. The van der Waals surface area contributed by atoms with Gasteiger partial charge in [-0.15, -0.1) is 11.3 Å². The lowest BCUT2D eigenvalue weighted by Crippen LogP contribution is -2.33. The normalized spacial score (nSPS) is 16.7. The number of H-pyrrole nitrogens is 1. The molecule has 0 unspecified atom stereocenters. The van der Waals surface area contributed by atoms with Crippen LogP contribution in [0.3, 0.4) is 0 Å². The summed E-state index contributed by atoms with van der Waals surface area (Å²) in [7, 11) is 0. The van der Waals surface area contributed by atoms with Crippen LogP contribution in [-0.2, 0) is 24.2 Å². The molecule has 1 atom stereocenters. The largest absolute Gasteiger partial charge is 0.490 e. The van der Waals surface area contributed by atoms with Crippen molar-refractivity contribution >= 4 is 51.9 Å². The van der Waals surface area contributed by atoms with Crippen LogP contribution >= 0.6 is 22.9 Å². The van der Waals surface area contributed by atoms with Gasteiger partial charge in [-0.1, -0.05) is 17.7 Å². The monoisotopic (exact) mass is 649 g/mol. The molecule has 0 radical (unpaired) electrons. The maximum Gasteiger partial charge on any atom is 0.490 e. The molecule has 1 saturated heterocycles. The number of thiophene rings is 1. The minimum Gasteiger partial charge on any atom is -0.475 e. The van der Waals surface area contributed by atoms with Gasteiger partial charge in [0, 0.05) is 55.2 Å². The van der Waals surface area contributed by atoms with Gasteiger partial charge in [-0.2, -0.15) is 13.2 Å². The number of carboxylic acid groups (broad SMARTS) is 1. The van der Waals surface area contributed by atoms with E-state index in [2.05, 4.69) is 28.2 Å². The Morgan fingerprint density at radius 3 is 2.57 bits per heavy atom. The Bertz CT molecular complexity index is 1650. The van der Waals surface area contributed by atoms with Crippen molar-refractivity contribution in [2.24, 2.45) is 4.99 Å². The molecule has 3 aliphatic heterocycles. The van der Waals surface area contributed by atoms with E-state index in [0.717, 1.165) is 76.3 Å². The van der Waals surface area contributed by atoms with Crippen LogP contribution in [0.4, 0.5) is 24.5 Å². The molecule has 5 heterocycles. The number of nitrogens with zero attached hydrogens (tertiary/aromatic N) is 3. The first kappa shape index (κ1) is 31.7. The molecule has 44 heavy (non-hydrogen) atoms. The van der Waals surface area contributed by atoms with Crippen LogP contribution in [0.5, 0.6) is 0 Å². The van der Waals surface area contributed by atoms with E-state index in [1.54, 1.807) is 17.5 Å². The van der Waals surface area contributed by atoms with Crippen LogP contribution in [-0.4, -0.2) is 75.9 Å². The molecule has 0 spiro atoms. The number of likely N-dealkylation sites (tertiary alicyclic amines) is 1. The Labute approximate surface area is 260 Å². The quantitative estimate of drug-likeness (QED) is 0.297. The number of aliphatic imine (C=N–C) groups is 1. The van der Waals surface area contributed by atoms with Gasteiger partial charge < -0.3 is 25.2 Å². The van der Waals surface area contributed by atoms with Gasteiger partial charge in [0.1, 0.15) is 0 Å². The third-order valence-electron chi connectivity index (χ3n) is 7.76. The lowest BCUT2D eigenvalue weighted by atomic mass is 10.00. The van der Waals surface area contributed by atoms with Crippen molar-refractivity contribution in [3.05, 3.63) is 78.3 Å². The highest BCUT2D eigenvalue weighted by molar-refractivity contribution is 7.10. The first-order valence-corrected chi connectivity index (χ1v) is 15.4. The number of carbonyl (C=O) groups is 2. The second kappa shape index (κ2) is 13.1. The first-order valence-electron chi connectivity index (χ1n) is 14.2. The van der Waals surface area contributed by atoms with Crippen molar-refractivity contribution in [3.63, 3.8) is 0 Å². The number of aromatic nitrogens is 1. The minimum absolute atomic E-state index is 0.0778. The van der Waals surface area contributed by atoms with E-state index in [-0.39, 0.29) is 17.5 Å². The van der Waals surface area contributed by atoms with Gasteiger partial charge in [-0.25, -0.2) is 4.79 Å². The smallest absolute Gasteiger partial charge is 0.475 e. The lowest BCUT2D eigenvalue weighted by Gasteiger charge is -2.20. The van der Waals surface area contributed by atoms with Gasteiger partial charge in [0.05, 0.1) is 27.7 Å². The number of fused-ring (bicyclic) bond motifs is 2. The number of hydrogen-bond acceptors (Lipinski definition) is 7. The number of carboxylic acids is 1. The molecule has 14 heteroatoms. The van der Waals surface area contributed by atoms with Crippen molar-refractivity contribution < 1.29 is 27.9 Å². The second-order valence-electron chi connectivity index (χ2n) is 11.0. The fourth-order valence-electron chi connectivity index (χ4n) is 5.62. The van der Waals surface area contributed by atoms with E-state index in [1.165, 1.54) is 12.8 Å². The maximum atomic E-state index is 13.1. The summed E-state index contributed by atoms with van der Waals surface area (Å²) < 4.78 is 31.7. The van der Waals surface area contributed by atoms with E-state index in [0.29, 0.717) is 18.5 Å². The van der Waals surface area contributed by atoms with E-state index in [1.807, 2.05) is 28.5 Å². The summed E-state index contributed by atoms with van der Waals surface area (Å²) in [4.78, 5) is 48.1. The van der Waals surface area contributed by atoms with Gasteiger partial charge in [0.25, 0.3) is 11.5 Å². The minimum atomic E-state index is -5.08. The summed E-state index contributed by atoms with van der Waals surface area (Å²) >= 11 is 7.92. The highest BCUT2D eigenvalue weighted by Gasteiger charge is 2.38. The van der Waals surface area contributed by atoms with Crippen LogP contribution in [0.15, 0.2) is 45.6 Å². The first-order chi connectivity index (χ1) is 20.9. The summed E-state index contributed by atoms with van der Waals surface area (Å²) in [6, 6.07) is 7.90. The molecule has 1 fully saturated rings. The predicted octanol–water partition coefficient (Wildman–Crippen LogP) is 5.49. The maximum absolute atomic E-state index is 13.1. The average molecular weight is 650 g/mol. The number of alkyl halides is 3. The second-order valence-corrected chi connectivity index (χ2v) is 12.4. The van der Waals surface area contributed by atoms with Crippen LogP contribution in [0, 0.1) is 0 Å². The molecule has 6 rings (SSSR count). The molecule has 0 saturated carbocycles. The van der Waals surface area contributed by atoms with Crippen molar-refractivity contribution in [2.45, 2.75) is 51.4 Å². The molecule has 2 aromatic heterocycles. The zero-order chi connectivity index (χ0) is 31.6. The summed E-state index contributed by atoms with van der Waals surface area (Å²) in [5.74, 6) is -2.67. The third kappa shape index (κ3) is 7.16. The number of aromatic amines is 1. The Kier molecular flexibility index (Phi) is 9.47. The van der Waals surface area contributed by atoms with Gasteiger partial charge in [0.2, 0.25) is 0 Å². The summed E-state index contributed by atoms with van der Waals surface area (Å²) in [6.45, 7) is 6.69. The number of rotatable bonds is 8. The van der Waals surface area contributed by atoms with Gasteiger partial charge in [0.15, 0.2) is 0 Å². The Hall–Kier alpha value is -3.68. The number of nitrogens with one attached hydrogen (secondary N) is 2. The van der Waals surface area contributed by atoms with Crippen LogP contribution < -0.4 is 10.9 Å². The molecule has 1 amide bonds. The Balaban J connectivity index is 0.000000493. The number of anilines is 1. The number of amides is 1. The molecule has 0 aliphatic carbocycles. The van der Waals surface area contributed by atoms with Crippen molar-refractivity contribution in [1.82, 2.24) is 14.8 Å². The van der Waals surface area contributed by atoms with E-state index < -0.39 is 12.1 Å². The number of carbonyl (C=O) groups excluding carboxylic acids is 1. The Morgan fingerprint density at radius 1 is 1.18 bits per heavy atom. The predicted molar refractivity (Wildman–Crippen MR) is 164 cm³/mol. The summed E-state index contributed by atoms with van der Waals surface area (Å²) in [6.07, 6.45) is 0.414. The fourth-order valence-corrected chi connectivity index (χ4v) is 6.86. The van der Waals surface area contributed by atoms with Gasteiger partial charge in [-0.05, 0) is 67.6 Å². The van der Waals surface area contributed by atoms with Gasteiger partial charge in [-0.3, -0.25) is 14.6 Å². The van der Waals surface area contributed by atoms with Crippen molar-refractivity contribution in [2.75, 3.05) is 31.5 Å². The van der Waals surface area contributed by atoms with Gasteiger partial charge >= 0.3 is 12.1 Å². The zero-order valence-corrected chi connectivity index (χ0v) is 25.4. The molecular formula is C30H31ClF3N5O4S. The van der Waals surface area contributed by atoms with E-state index in [9.17, 15) is 22.8 Å². The number of aliphatic carboxylic acids is 1. The molecule has 3 aliphatic rings. The van der Waals surface area contributed by atoms with Crippen LogP contribution in [0.1, 0.15) is 51.7 Å². The summed E-state index contributed by atoms with van der Waals surface area (Å²) in [5, 5.41) is 13.4. The van der Waals surface area contributed by atoms with E-state index in [4.69, 9.17) is 26.5 Å². The Morgan fingerprint density at radius 2 is 1.91 bits per heavy atom. The highest BCUT2D eigenvalue weighted by Crippen LogP contribution is 2.36. The van der Waals surface area contributed by atoms with E-state index >= 15 is 0 Å². The topological polar surface area (TPSA) is 118 Å². The molecule has 1 aromatic carbocycles. The van der Waals surface area contributed by atoms with Crippen LogP contribution in [0.25, 0.3) is 0 Å². The average Bonchev–Trinajstić information content (AvgIpc) is 3.75. The molecular weight excluding hydrogens is 619 g/mol. The number of hydrogen-bond donors (Lipinski definition) is 3. The molecule has 3 aromatic rings. The van der Waals surface area contributed by atoms with Crippen molar-refractivity contribution in [3.8, 4) is 0 Å². The third-order valence-corrected chi connectivity index (χ3v) is 9.17. The van der Waals surface area contributed by atoms with Crippen LogP contribution in [0.2, 0.25) is 5.02 Å². The molecule has 0 bridgehead atoms. The molecule has 9 nitrogen and oxygen atoms in total. The highest BCUT2D eigenvalue weighted by atomic mass is 35.5.